The van der Waals surface area contributed by atoms with Crippen molar-refractivity contribution in [2.75, 3.05) is 0 Å². The standard InChI is InChI=1S/C14H9Cl2N3O4/c15-11-4-2-1-3-9(11)13(17)18-23-14(20)10-6-5-8(19(21)22)7-12(10)16/h1-7H,(H2,17,18). The third-order valence-corrected chi connectivity index (χ3v) is 3.40. The lowest BCUT2D eigenvalue weighted by atomic mass is 10.2. The summed E-state index contributed by atoms with van der Waals surface area (Å²) in [6, 6.07) is 9.95. The Hall–Kier alpha value is -2.64. The molecule has 118 valence electrons. The minimum atomic E-state index is -0.903. The number of oxime groups is 1. The number of nitro benzene ring substituents is 1. The van der Waals surface area contributed by atoms with Crippen molar-refractivity contribution in [1.82, 2.24) is 0 Å². The Balaban J connectivity index is 2.18. The second kappa shape index (κ2) is 7.08. The van der Waals surface area contributed by atoms with Gasteiger partial charge in [-0.05, 0) is 18.2 Å². The fourth-order valence-electron chi connectivity index (χ4n) is 1.64. The van der Waals surface area contributed by atoms with Crippen LogP contribution in [0, 0.1) is 10.1 Å². The maximum Gasteiger partial charge on any atom is 0.367 e. The molecule has 23 heavy (non-hydrogen) atoms. The van der Waals surface area contributed by atoms with Crippen molar-refractivity contribution >= 4 is 40.7 Å². The van der Waals surface area contributed by atoms with Crippen molar-refractivity contribution in [3.05, 3.63) is 73.8 Å². The van der Waals surface area contributed by atoms with Gasteiger partial charge in [0.15, 0.2) is 5.84 Å². The second-order valence-corrected chi connectivity index (χ2v) is 5.07. The van der Waals surface area contributed by atoms with Crippen molar-refractivity contribution in [2.24, 2.45) is 10.9 Å². The van der Waals surface area contributed by atoms with Crippen LogP contribution in [-0.2, 0) is 4.84 Å². The quantitative estimate of drug-likeness (QED) is 0.298. The third-order valence-electron chi connectivity index (χ3n) is 2.76. The molecule has 0 aromatic heterocycles. The van der Waals surface area contributed by atoms with Crippen LogP contribution in [0.3, 0.4) is 0 Å². The third kappa shape index (κ3) is 3.97. The number of carbonyl (C=O) groups is 1. The second-order valence-electron chi connectivity index (χ2n) is 4.26. The van der Waals surface area contributed by atoms with E-state index in [0.29, 0.717) is 10.6 Å². The number of nitro groups is 1. The number of nitrogens with two attached hydrogens (primary N) is 1. The number of rotatable bonds is 4. The Morgan fingerprint density at radius 3 is 2.43 bits per heavy atom. The number of halogens is 2. The zero-order chi connectivity index (χ0) is 17.0. The number of carbonyl (C=O) groups excluding carboxylic acids is 1. The molecule has 7 nitrogen and oxygen atoms in total. The molecule has 0 fully saturated rings. The van der Waals surface area contributed by atoms with E-state index in [1.807, 2.05) is 0 Å². The van der Waals surface area contributed by atoms with Gasteiger partial charge < -0.3 is 10.6 Å². The van der Waals surface area contributed by atoms with E-state index >= 15 is 0 Å². The molecule has 0 amide bonds. The largest absolute Gasteiger partial charge is 0.380 e. The molecule has 2 rings (SSSR count). The van der Waals surface area contributed by atoms with Crippen LogP contribution >= 0.6 is 23.2 Å². The van der Waals surface area contributed by atoms with Crippen molar-refractivity contribution in [3.63, 3.8) is 0 Å². The predicted octanol–water partition coefficient (Wildman–Crippen LogP) is 3.38. The molecular formula is C14H9Cl2N3O4. The van der Waals surface area contributed by atoms with E-state index in [9.17, 15) is 14.9 Å². The number of benzene rings is 2. The summed E-state index contributed by atoms with van der Waals surface area (Å²) < 4.78 is 0. The summed E-state index contributed by atoms with van der Waals surface area (Å²) in [7, 11) is 0. The first-order valence-corrected chi connectivity index (χ1v) is 6.89. The summed E-state index contributed by atoms with van der Waals surface area (Å²) in [6.07, 6.45) is 0. The topological polar surface area (TPSA) is 108 Å². The lowest BCUT2D eigenvalue weighted by Gasteiger charge is -2.04. The monoisotopic (exact) mass is 353 g/mol. The lowest BCUT2D eigenvalue weighted by Crippen LogP contribution is -2.15. The molecule has 0 radical (unpaired) electrons. The maximum absolute atomic E-state index is 11.9. The fourth-order valence-corrected chi connectivity index (χ4v) is 2.13. The van der Waals surface area contributed by atoms with Crippen molar-refractivity contribution in [2.45, 2.75) is 0 Å². The molecule has 0 spiro atoms. The molecular weight excluding hydrogens is 345 g/mol. The normalized spacial score (nSPS) is 11.1. The predicted molar refractivity (Wildman–Crippen MR) is 85.7 cm³/mol. The number of hydrogen-bond donors (Lipinski definition) is 1. The van der Waals surface area contributed by atoms with Crippen LogP contribution < -0.4 is 5.73 Å². The van der Waals surface area contributed by atoms with E-state index in [4.69, 9.17) is 33.8 Å². The number of non-ortho nitro benzene ring substituents is 1. The highest BCUT2D eigenvalue weighted by Gasteiger charge is 2.16. The van der Waals surface area contributed by atoms with Gasteiger partial charge in [0.25, 0.3) is 5.69 Å². The molecule has 2 N–H and O–H groups in total. The Kier molecular flexibility index (Phi) is 5.15. The smallest absolute Gasteiger partial charge is 0.367 e. The average molecular weight is 354 g/mol. The lowest BCUT2D eigenvalue weighted by molar-refractivity contribution is -0.384. The fraction of sp³-hybridized carbons (Fsp3) is 0. The summed E-state index contributed by atoms with van der Waals surface area (Å²) in [5.74, 6) is -0.998. The van der Waals surface area contributed by atoms with Gasteiger partial charge in [-0.3, -0.25) is 10.1 Å². The van der Waals surface area contributed by atoms with Gasteiger partial charge in [-0.25, -0.2) is 4.79 Å². The highest BCUT2D eigenvalue weighted by atomic mass is 35.5. The molecule has 0 aliphatic heterocycles. The van der Waals surface area contributed by atoms with Crippen LogP contribution in [0.25, 0.3) is 0 Å². The van der Waals surface area contributed by atoms with Crippen LogP contribution in [0.4, 0.5) is 5.69 Å². The molecule has 0 aliphatic rings. The number of hydrogen-bond acceptors (Lipinski definition) is 5. The summed E-state index contributed by atoms with van der Waals surface area (Å²) >= 11 is 11.8. The first-order valence-electron chi connectivity index (χ1n) is 6.14. The van der Waals surface area contributed by atoms with E-state index in [2.05, 4.69) is 5.16 Å². The molecule has 0 unspecified atom stereocenters. The minimum absolute atomic E-state index is 0.0759. The molecule has 0 heterocycles. The average Bonchev–Trinajstić information content (AvgIpc) is 2.52. The molecule has 9 heteroatoms. The molecule has 0 bridgehead atoms. The van der Waals surface area contributed by atoms with E-state index in [-0.39, 0.29) is 22.1 Å². The van der Waals surface area contributed by atoms with Gasteiger partial charge in [0.2, 0.25) is 0 Å². The molecule has 0 saturated carbocycles. The minimum Gasteiger partial charge on any atom is -0.380 e. The van der Waals surface area contributed by atoms with Crippen LogP contribution in [-0.4, -0.2) is 16.7 Å². The van der Waals surface area contributed by atoms with E-state index in [1.165, 1.54) is 6.07 Å². The molecule has 0 atom stereocenters. The molecule has 0 aliphatic carbocycles. The number of amidine groups is 1. The van der Waals surface area contributed by atoms with E-state index in [0.717, 1.165) is 12.1 Å². The van der Waals surface area contributed by atoms with Gasteiger partial charge >= 0.3 is 5.97 Å². The zero-order valence-corrected chi connectivity index (χ0v) is 12.9. The van der Waals surface area contributed by atoms with Gasteiger partial charge in [0.1, 0.15) is 0 Å². The van der Waals surface area contributed by atoms with Gasteiger partial charge in [-0.1, -0.05) is 40.5 Å². The molecule has 0 saturated heterocycles. The Labute approximate surface area is 140 Å². The van der Waals surface area contributed by atoms with Crippen molar-refractivity contribution in [3.8, 4) is 0 Å². The first-order chi connectivity index (χ1) is 10.9. The van der Waals surface area contributed by atoms with Crippen LogP contribution in [0.1, 0.15) is 15.9 Å². The maximum atomic E-state index is 11.9. The Bertz CT molecular complexity index is 808. The SMILES string of the molecule is N/C(=N/OC(=O)c1ccc([N+](=O)[O-])cc1Cl)c1ccccc1Cl. The zero-order valence-electron chi connectivity index (χ0n) is 11.4. The molecule has 2 aromatic rings. The summed E-state index contributed by atoms with van der Waals surface area (Å²) in [5.41, 5.74) is 5.77. The Morgan fingerprint density at radius 2 is 1.83 bits per heavy atom. The van der Waals surface area contributed by atoms with Crippen molar-refractivity contribution in [1.29, 1.82) is 0 Å². The van der Waals surface area contributed by atoms with E-state index in [1.54, 1.807) is 24.3 Å². The summed E-state index contributed by atoms with van der Waals surface area (Å²) in [4.78, 5) is 26.6. The highest BCUT2D eigenvalue weighted by molar-refractivity contribution is 6.34. The van der Waals surface area contributed by atoms with E-state index < -0.39 is 10.9 Å². The van der Waals surface area contributed by atoms with Crippen molar-refractivity contribution < 1.29 is 14.6 Å². The van der Waals surface area contributed by atoms with Crippen LogP contribution in [0.2, 0.25) is 10.0 Å². The first kappa shape index (κ1) is 16.7. The molecule has 2 aromatic carbocycles. The van der Waals surface area contributed by atoms with Crippen LogP contribution in [0.15, 0.2) is 47.6 Å². The summed E-state index contributed by atoms with van der Waals surface area (Å²) in [5, 5.41) is 14.3. The van der Waals surface area contributed by atoms with Crippen LogP contribution in [0.5, 0.6) is 0 Å². The number of nitrogens with zero attached hydrogens (tertiary/aromatic N) is 2. The van der Waals surface area contributed by atoms with Gasteiger partial charge in [-0.15, -0.1) is 0 Å². The van der Waals surface area contributed by atoms with Gasteiger partial charge in [-0.2, -0.15) is 0 Å². The van der Waals surface area contributed by atoms with Gasteiger partial charge in [0.05, 0.1) is 20.5 Å². The summed E-state index contributed by atoms with van der Waals surface area (Å²) in [6.45, 7) is 0. The van der Waals surface area contributed by atoms with Gasteiger partial charge in [0, 0.05) is 17.7 Å². The Morgan fingerprint density at radius 1 is 1.13 bits per heavy atom. The highest BCUT2D eigenvalue weighted by Crippen LogP contribution is 2.23.